The number of alkyl halides is 3. The van der Waals surface area contributed by atoms with Crippen LogP contribution < -0.4 is 4.57 Å². The fraction of sp³-hybridized carbons (Fsp3) is 0.500. The normalized spacial score (nSPS) is 11.3. The molecule has 10 heteroatoms. The fourth-order valence-corrected chi connectivity index (χ4v) is 1.59. The van der Waals surface area contributed by atoms with E-state index in [1.807, 2.05) is 6.07 Å². The lowest BCUT2D eigenvalue weighted by molar-refractivity contribution is -0.697. The van der Waals surface area contributed by atoms with Gasteiger partial charge < -0.3 is 9.29 Å². The number of pyridine rings is 1. The third-order valence-corrected chi connectivity index (χ3v) is 3.51. The molecule has 0 radical (unpaired) electrons. The van der Waals surface area contributed by atoms with E-state index in [2.05, 4.69) is 36.5 Å². The van der Waals surface area contributed by atoms with Crippen LogP contribution in [0.5, 0.6) is 0 Å². The van der Waals surface area contributed by atoms with Crippen molar-refractivity contribution < 1.29 is 40.2 Å². The van der Waals surface area contributed by atoms with E-state index >= 15 is 0 Å². The van der Waals surface area contributed by atoms with E-state index in [1.54, 1.807) is 6.92 Å². The van der Waals surface area contributed by atoms with Crippen molar-refractivity contribution in [2.75, 3.05) is 6.61 Å². The third kappa shape index (κ3) is 10.1. The maximum Gasteiger partial charge on any atom is 0.485 e. The summed E-state index contributed by atoms with van der Waals surface area (Å²) in [6, 6.07) is 4.09. The minimum atomic E-state index is -6.09. The van der Waals surface area contributed by atoms with Crippen LogP contribution in [0.15, 0.2) is 36.7 Å². The molecule has 0 aliphatic heterocycles. The van der Waals surface area contributed by atoms with Gasteiger partial charge in [-0.15, -0.1) is 0 Å². The summed E-state index contributed by atoms with van der Waals surface area (Å²) in [5, 5.41) is 0. The first-order valence-electron chi connectivity index (χ1n) is 7.71. The van der Waals surface area contributed by atoms with Gasteiger partial charge in [0.25, 0.3) is 0 Å². The number of nitrogens with zero attached hydrogens (tertiary/aromatic N) is 1. The Bertz CT molecular complexity index is 702. The van der Waals surface area contributed by atoms with Crippen molar-refractivity contribution in [2.45, 2.75) is 45.2 Å². The molecule has 0 aliphatic rings. The molecule has 0 saturated carbocycles. The predicted octanol–water partition coefficient (Wildman–Crippen LogP) is 2.49. The molecule has 1 aromatic heterocycles. The largest absolute Gasteiger partial charge is 0.741 e. The van der Waals surface area contributed by atoms with Gasteiger partial charge in [-0.25, -0.2) is 17.8 Å². The zero-order valence-electron chi connectivity index (χ0n) is 14.6. The molecule has 6 nitrogen and oxygen atoms in total. The zero-order chi connectivity index (χ0) is 20.4. The van der Waals surface area contributed by atoms with Crippen molar-refractivity contribution in [3.05, 3.63) is 42.2 Å². The molecule has 0 aliphatic carbocycles. The maximum absolute atomic E-state index is 11.2. The lowest BCUT2D eigenvalue weighted by Crippen LogP contribution is -2.33. The van der Waals surface area contributed by atoms with Crippen LogP contribution in [0, 0.1) is 0 Å². The first-order valence-corrected chi connectivity index (χ1v) is 9.12. The third-order valence-electron chi connectivity index (χ3n) is 2.95. The number of carbonyl (C=O) groups excluding carboxylic acids is 1. The summed E-state index contributed by atoms with van der Waals surface area (Å²) in [4.78, 5) is 11.2. The minimum Gasteiger partial charge on any atom is -0.741 e. The van der Waals surface area contributed by atoms with Crippen LogP contribution in [-0.2, 0) is 32.6 Å². The second kappa shape index (κ2) is 10.9. The highest BCUT2D eigenvalue weighted by molar-refractivity contribution is 7.86. The molecular weight excluding hydrogens is 375 g/mol. The van der Waals surface area contributed by atoms with Crippen LogP contribution in [0.3, 0.4) is 0 Å². The molecule has 148 valence electrons. The summed E-state index contributed by atoms with van der Waals surface area (Å²) in [7, 11) is -6.09. The van der Waals surface area contributed by atoms with Crippen LogP contribution in [0.25, 0.3) is 0 Å². The Morgan fingerprint density at radius 1 is 1.38 bits per heavy atom. The smallest absolute Gasteiger partial charge is 0.485 e. The summed E-state index contributed by atoms with van der Waals surface area (Å²) < 4.78 is 66.2. The van der Waals surface area contributed by atoms with Gasteiger partial charge in [0, 0.05) is 30.0 Å². The molecule has 1 heterocycles. The number of aryl methyl sites for hydroxylation is 1. The van der Waals surface area contributed by atoms with Crippen LogP contribution in [0.2, 0.25) is 0 Å². The number of rotatable bonds is 7. The number of unbranched alkanes of at least 4 members (excludes halogenated alkanes) is 1. The van der Waals surface area contributed by atoms with E-state index in [1.165, 1.54) is 18.4 Å². The Morgan fingerprint density at radius 2 is 1.96 bits per heavy atom. The van der Waals surface area contributed by atoms with Crippen LogP contribution >= 0.6 is 0 Å². The standard InChI is InChI=1S/C15H22NO2.CHF3O3S/c1-4-5-9-16-10-6-7-14(12-16)8-11-18-15(17)13(2)3;2-1(3,4)8(5,6)7/h6-7,10,12H,2,4-5,8-9,11H2,1,3H3;(H,5,6,7)/q+1;/p-1. The Hall–Kier alpha value is -1.94. The van der Waals surface area contributed by atoms with Gasteiger partial charge in [-0.2, -0.15) is 13.2 Å². The minimum absolute atomic E-state index is 0.315. The molecule has 1 aromatic rings. The van der Waals surface area contributed by atoms with Crippen molar-refractivity contribution in [1.82, 2.24) is 0 Å². The monoisotopic (exact) mass is 397 g/mol. The van der Waals surface area contributed by atoms with Crippen molar-refractivity contribution in [3.63, 3.8) is 0 Å². The second-order valence-corrected chi connectivity index (χ2v) is 6.74. The number of hydrogen-bond acceptors (Lipinski definition) is 5. The van der Waals surface area contributed by atoms with Gasteiger partial charge in [0.15, 0.2) is 22.5 Å². The van der Waals surface area contributed by atoms with E-state index in [0.717, 1.165) is 13.0 Å². The van der Waals surface area contributed by atoms with Crippen molar-refractivity contribution in [2.24, 2.45) is 0 Å². The first kappa shape index (κ1) is 24.1. The maximum atomic E-state index is 11.2. The van der Waals surface area contributed by atoms with Gasteiger partial charge in [0.2, 0.25) is 0 Å². The zero-order valence-corrected chi connectivity index (χ0v) is 15.4. The van der Waals surface area contributed by atoms with Gasteiger partial charge in [-0.1, -0.05) is 19.9 Å². The first-order chi connectivity index (χ1) is 11.9. The highest BCUT2D eigenvalue weighted by atomic mass is 32.2. The predicted molar refractivity (Wildman–Crippen MR) is 86.8 cm³/mol. The van der Waals surface area contributed by atoms with Gasteiger partial charge in [-0.05, 0) is 13.0 Å². The topological polar surface area (TPSA) is 87.4 Å². The lowest BCUT2D eigenvalue weighted by Gasteiger charge is -2.08. The average Bonchev–Trinajstić information content (AvgIpc) is 2.52. The molecule has 0 atom stereocenters. The van der Waals surface area contributed by atoms with Crippen LogP contribution in [0.4, 0.5) is 13.2 Å². The molecule has 0 bridgehead atoms. The summed E-state index contributed by atoms with van der Waals surface area (Å²) in [6.07, 6.45) is 7.29. The molecule has 0 saturated heterocycles. The van der Waals surface area contributed by atoms with E-state index in [0.29, 0.717) is 12.2 Å². The molecule has 0 fully saturated rings. The van der Waals surface area contributed by atoms with E-state index in [9.17, 15) is 18.0 Å². The van der Waals surface area contributed by atoms with Gasteiger partial charge in [0.1, 0.15) is 6.54 Å². The fourth-order valence-electron chi connectivity index (χ4n) is 1.59. The molecule has 0 aromatic carbocycles. The number of halogens is 3. The number of carbonyl (C=O) groups is 1. The number of aromatic nitrogens is 1. The van der Waals surface area contributed by atoms with Crippen LogP contribution in [-0.4, -0.2) is 31.1 Å². The molecular formula is C16H22F3NO5S. The molecule has 0 N–H and O–H groups in total. The van der Waals surface area contributed by atoms with E-state index in [-0.39, 0.29) is 5.97 Å². The SMILES string of the molecule is C=C(C)C(=O)OCCc1ccc[n+](CCCC)c1.O=S(=O)([O-])C(F)(F)F. The van der Waals surface area contributed by atoms with Gasteiger partial charge >= 0.3 is 11.5 Å². The lowest BCUT2D eigenvalue weighted by atomic mass is 10.2. The molecule has 0 amide bonds. The van der Waals surface area contributed by atoms with Gasteiger partial charge in [-0.3, -0.25) is 0 Å². The van der Waals surface area contributed by atoms with Crippen molar-refractivity contribution in [1.29, 1.82) is 0 Å². The molecule has 0 unspecified atom stereocenters. The van der Waals surface area contributed by atoms with E-state index < -0.39 is 15.6 Å². The Kier molecular flexibility index (Phi) is 10.1. The molecule has 0 spiro atoms. The summed E-state index contributed by atoms with van der Waals surface area (Å²) in [5.74, 6) is -0.315. The van der Waals surface area contributed by atoms with Crippen LogP contribution in [0.1, 0.15) is 32.3 Å². The Labute approximate surface area is 151 Å². The molecule has 26 heavy (non-hydrogen) atoms. The highest BCUT2D eigenvalue weighted by Gasteiger charge is 2.36. The highest BCUT2D eigenvalue weighted by Crippen LogP contribution is 2.20. The van der Waals surface area contributed by atoms with Gasteiger partial charge in [0.05, 0.1) is 6.61 Å². The Morgan fingerprint density at radius 3 is 2.42 bits per heavy atom. The molecule has 1 rings (SSSR count). The van der Waals surface area contributed by atoms with Crippen molar-refractivity contribution in [3.8, 4) is 0 Å². The number of hydrogen-bond donors (Lipinski definition) is 0. The number of ether oxygens (including phenoxy) is 1. The average molecular weight is 397 g/mol. The van der Waals surface area contributed by atoms with Crippen molar-refractivity contribution >= 4 is 16.1 Å². The Balaban J connectivity index is 0.000000660. The summed E-state index contributed by atoms with van der Waals surface area (Å²) in [6.45, 7) is 8.83. The quantitative estimate of drug-likeness (QED) is 0.232. The summed E-state index contributed by atoms with van der Waals surface area (Å²) in [5.41, 5.74) is -4.02. The summed E-state index contributed by atoms with van der Waals surface area (Å²) >= 11 is 0. The second-order valence-electron chi connectivity index (χ2n) is 5.37. The van der Waals surface area contributed by atoms with E-state index in [4.69, 9.17) is 17.7 Å². The number of esters is 1.